The summed E-state index contributed by atoms with van der Waals surface area (Å²) in [4.78, 5) is 5.19. The smallest absolute Gasteiger partial charge is 0.101 e. The Balaban J connectivity index is 2.01. The molecule has 0 radical (unpaired) electrons. The number of nitrogens with zero attached hydrogens (tertiary/aromatic N) is 2. The summed E-state index contributed by atoms with van der Waals surface area (Å²) < 4.78 is 0. The van der Waals surface area contributed by atoms with Gasteiger partial charge in [0.15, 0.2) is 0 Å². The van der Waals surface area contributed by atoms with E-state index in [1.807, 2.05) is 0 Å². The molecule has 0 aliphatic carbocycles. The van der Waals surface area contributed by atoms with Gasteiger partial charge in [0.25, 0.3) is 0 Å². The monoisotopic (exact) mass is 420 g/mol. The first-order chi connectivity index (χ1) is 14.8. The molecule has 1 aliphatic heterocycles. The summed E-state index contributed by atoms with van der Waals surface area (Å²) in [6, 6.07) is 0. The first-order valence-electron chi connectivity index (χ1n) is 14.0. The van der Waals surface area contributed by atoms with Crippen LogP contribution in [0.1, 0.15) is 149 Å². The van der Waals surface area contributed by atoms with E-state index >= 15 is 0 Å². The summed E-state index contributed by atoms with van der Waals surface area (Å²) >= 11 is 0. The summed E-state index contributed by atoms with van der Waals surface area (Å²) in [5.74, 6) is 0. The maximum Gasteiger partial charge on any atom is 0.101 e. The lowest BCUT2D eigenvalue weighted by Crippen LogP contribution is -2.38. The average molecular weight is 421 g/mol. The van der Waals surface area contributed by atoms with E-state index in [4.69, 9.17) is 0 Å². The van der Waals surface area contributed by atoms with E-state index in [0.717, 1.165) is 6.54 Å². The van der Waals surface area contributed by atoms with Gasteiger partial charge >= 0.3 is 0 Å². The van der Waals surface area contributed by atoms with Crippen molar-refractivity contribution >= 4 is 0 Å². The highest BCUT2D eigenvalue weighted by Gasteiger charge is 2.23. The molecule has 1 aliphatic rings. The zero-order valence-corrected chi connectivity index (χ0v) is 21.2. The first-order valence-corrected chi connectivity index (χ1v) is 14.0. The minimum absolute atomic E-state index is 0.637. The number of hydrogen-bond donors (Lipinski definition) is 0. The summed E-state index contributed by atoms with van der Waals surface area (Å²) in [7, 11) is 0. The standard InChI is InChI=1S/C28H56N2/c1-4-7-9-11-13-14-15-16-17-19-21-23-25-30-27-26-29(6-3)28(30)24-22-20-18-12-10-8-5-2/h26-28H,4-25H2,1-3H3. The lowest BCUT2D eigenvalue weighted by atomic mass is 10.0. The highest BCUT2D eigenvalue weighted by Crippen LogP contribution is 2.22. The molecule has 0 amide bonds. The fourth-order valence-corrected chi connectivity index (χ4v) is 4.85. The average Bonchev–Trinajstić information content (AvgIpc) is 3.15. The van der Waals surface area contributed by atoms with Crippen molar-refractivity contribution < 1.29 is 0 Å². The van der Waals surface area contributed by atoms with Gasteiger partial charge < -0.3 is 9.80 Å². The minimum Gasteiger partial charge on any atom is -0.356 e. The predicted octanol–water partition coefficient (Wildman–Crippen LogP) is 9.26. The van der Waals surface area contributed by atoms with E-state index in [-0.39, 0.29) is 0 Å². The Morgan fingerprint density at radius 1 is 0.467 bits per heavy atom. The van der Waals surface area contributed by atoms with Gasteiger partial charge in [-0.3, -0.25) is 0 Å². The normalized spacial score (nSPS) is 16.2. The summed E-state index contributed by atoms with van der Waals surface area (Å²) in [6.45, 7) is 9.31. The van der Waals surface area contributed by atoms with E-state index in [9.17, 15) is 0 Å². The Hall–Kier alpha value is -0.660. The SMILES string of the molecule is CCCCCCCCCCCCCCN1C=CN(CC)C1CCCCCCCCC. The van der Waals surface area contributed by atoms with Crippen molar-refractivity contribution in [2.24, 2.45) is 0 Å². The van der Waals surface area contributed by atoms with Crippen LogP contribution in [0, 0.1) is 0 Å². The van der Waals surface area contributed by atoms with Crippen molar-refractivity contribution in [3.8, 4) is 0 Å². The van der Waals surface area contributed by atoms with E-state index < -0.39 is 0 Å². The molecule has 1 rings (SSSR count). The molecule has 1 atom stereocenters. The van der Waals surface area contributed by atoms with Crippen LogP contribution in [0.4, 0.5) is 0 Å². The second kappa shape index (κ2) is 20.3. The van der Waals surface area contributed by atoms with Crippen LogP contribution in [0.25, 0.3) is 0 Å². The fourth-order valence-electron chi connectivity index (χ4n) is 4.85. The molecule has 1 heterocycles. The molecular weight excluding hydrogens is 364 g/mol. The van der Waals surface area contributed by atoms with E-state index in [2.05, 4.69) is 43.0 Å². The van der Waals surface area contributed by atoms with Gasteiger partial charge in [-0.15, -0.1) is 0 Å². The highest BCUT2D eigenvalue weighted by atomic mass is 15.4. The zero-order valence-electron chi connectivity index (χ0n) is 21.2. The minimum atomic E-state index is 0.637. The Bertz CT molecular complexity index is 379. The van der Waals surface area contributed by atoms with Crippen molar-refractivity contribution in [3.63, 3.8) is 0 Å². The second-order valence-electron chi connectivity index (χ2n) is 9.65. The third kappa shape index (κ3) is 13.6. The molecule has 0 saturated carbocycles. The van der Waals surface area contributed by atoms with Crippen molar-refractivity contribution in [1.82, 2.24) is 9.80 Å². The topological polar surface area (TPSA) is 6.48 Å². The third-order valence-electron chi connectivity index (χ3n) is 6.92. The van der Waals surface area contributed by atoms with Crippen LogP contribution in [0.15, 0.2) is 12.4 Å². The number of hydrogen-bond acceptors (Lipinski definition) is 2. The lowest BCUT2D eigenvalue weighted by molar-refractivity contribution is 0.142. The summed E-state index contributed by atoms with van der Waals surface area (Å²) in [6.07, 6.45) is 33.8. The van der Waals surface area contributed by atoms with Crippen molar-refractivity contribution in [3.05, 3.63) is 12.4 Å². The van der Waals surface area contributed by atoms with Crippen LogP contribution in [-0.2, 0) is 0 Å². The van der Waals surface area contributed by atoms with Crippen LogP contribution in [0.2, 0.25) is 0 Å². The Labute approximate surface area is 190 Å². The molecule has 0 N–H and O–H groups in total. The van der Waals surface area contributed by atoms with Gasteiger partial charge in [0.2, 0.25) is 0 Å². The quantitative estimate of drug-likeness (QED) is 0.161. The lowest BCUT2D eigenvalue weighted by Gasteiger charge is -2.32. The van der Waals surface area contributed by atoms with E-state index in [0.29, 0.717) is 6.17 Å². The van der Waals surface area contributed by atoms with Crippen molar-refractivity contribution in [2.75, 3.05) is 13.1 Å². The molecule has 0 aromatic heterocycles. The van der Waals surface area contributed by atoms with Crippen LogP contribution in [-0.4, -0.2) is 29.1 Å². The van der Waals surface area contributed by atoms with Crippen LogP contribution in [0.5, 0.6) is 0 Å². The Morgan fingerprint density at radius 3 is 1.33 bits per heavy atom. The van der Waals surface area contributed by atoms with Gasteiger partial charge in [-0.1, -0.05) is 123 Å². The van der Waals surface area contributed by atoms with E-state index in [1.165, 1.54) is 135 Å². The molecule has 2 nitrogen and oxygen atoms in total. The fraction of sp³-hybridized carbons (Fsp3) is 0.929. The van der Waals surface area contributed by atoms with Gasteiger partial charge in [-0.05, 0) is 26.2 Å². The van der Waals surface area contributed by atoms with Crippen molar-refractivity contribution in [1.29, 1.82) is 0 Å². The predicted molar refractivity (Wildman–Crippen MR) is 136 cm³/mol. The molecule has 0 spiro atoms. The van der Waals surface area contributed by atoms with Gasteiger partial charge in [0.1, 0.15) is 6.17 Å². The first kappa shape index (κ1) is 27.4. The molecular formula is C28H56N2. The Kier molecular flexibility index (Phi) is 18.5. The zero-order chi connectivity index (χ0) is 21.7. The molecule has 0 bridgehead atoms. The van der Waals surface area contributed by atoms with Gasteiger partial charge in [-0.2, -0.15) is 0 Å². The van der Waals surface area contributed by atoms with Crippen LogP contribution >= 0.6 is 0 Å². The van der Waals surface area contributed by atoms with Crippen LogP contribution in [0.3, 0.4) is 0 Å². The number of unbranched alkanes of at least 4 members (excludes halogenated alkanes) is 17. The largest absolute Gasteiger partial charge is 0.356 e. The molecule has 0 saturated heterocycles. The molecule has 0 fully saturated rings. The van der Waals surface area contributed by atoms with Crippen molar-refractivity contribution in [2.45, 2.75) is 155 Å². The second-order valence-corrected chi connectivity index (χ2v) is 9.65. The molecule has 178 valence electrons. The molecule has 1 unspecified atom stereocenters. The molecule has 30 heavy (non-hydrogen) atoms. The molecule has 0 aromatic rings. The highest BCUT2D eigenvalue weighted by molar-refractivity contribution is 4.96. The maximum atomic E-state index is 2.64. The third-order valence-corrected chi connectivity index (χ3v) is 6.92. The van der Waals surface area contributed by atoms with Gasteiger partial charge in [0, 0.05) is 25.5 Å². The molecule has 0 aromatic carbocycles. The summed E-state index contributed by atoms with van der Waals surface area (Å²) in [5, 5.41) is 0. The van der Waals surface area contributed by atoms with Gasteiger partial charge in [0.05, 0.1) is 0 Å². The van der Waals surface area contributed by atoms with Crippen LogP contribution < -0.4 is 0 Å². The maximum absolute atomic E-state index is 2.64. The number of rotatable bonds is 22. The summed E-state index contributed by atoms with van der Waals surface area (Å²) in [5.41, 5.74) is 0. The van der Waals surface area contributed by atoms with Gasteiger partial charge in [-0.25, -0.2) is 0 Å². The van der Waals surface area contributed by atoms with E-state index in [1.54, 1.807) is 0 Å². The Morgan fingerprint density at radius 2 is 0.867 bits per heavy atom. The molecule has 2 heteroatoms.